The highest BCUT2D eigenvalue weighted by Crippen LogP contribution is 2.32. The number of aryl methyl sites for hydroxylation is 1. The number of benzene rings is 2. The molecule has 0 radical (unpaired) electrons. The SMILES string of the molecule is CC(=NOC(C)C)c1ccc(-c2ccccc2NC(=O)c2cn(C)nc2C(F)(F)F)cc1. The van der Waals surface area contributed by atoms with E-state index in [-0.39, 0.29) is 6.10 Å². The summed E-state index contributed by atoms with van der Waals surface area (Å²) in [6.07, 6.45) is -3.71. The monoisotopic (exact) mass is 444 g/mol. The molecule has 168 valence electrons. The Balaban J connectivity index is 1.87. The summed E-state index contributed by atoms with van der Waals surface area (Å²) in [5, 5.41) is 10.0. The Bertz CT molecular complexity index is 1130. The minimum absolute atomic E-state index is 0.0302. The number of nitrogens with one attached hydrogen (secondary N) is 1. The Morgan fingerprint density at radius 1 is 1.12 bits per heavy atom. The fraction of sp³-hybridized carbons (Fsp3) is 0.261. The van der Waals surface area contributed by atoms with Gasteiger partial charge in [0.15, 0.2) is 5.69 Å². The van der Waals surface area contributed by atoms with E-state index in [1.54, 1.807) is 24.3 Å². The molecular weight excluding hydrogens is 421 g/mol. The van der Waals surface area contributed by atoms with E-state index >= 15 is 0 Å². The lowest BCUT2D eigenvalue weighted by molar-refractivity contribution is -0.141. The minimum Gasteiger partial charge on any atom is -0.393 e. The molecule has 0 spiro atoms. The first kappa shape index (κ1) is 23.1. The van der Waals surface area contributed by atoms with Crippen LogP contribution in [0.15, 0.2) is 59.9 Å². The Morgan fingerprint density at radius 2 is 1.78 bits per heavy atom. The number of halogens is 3. The smallest absolute Gasteiger partial charge is 0.393 e. The van der Waals surface area contributed by atoms with Crippen LogP contribution in [0.4, 0.5) is 18.9 Å². The van der Waals surface area contributed by atoms with E-state index in [1.807, 2.05) is 45.0 Å². The maximum atomic E-state index is 13.2. The van der Waals surface area contributed by atoms with Crippen molar-refractivity contribution in [1.29, 1.82) is 0 Å². The molecule has 6 nitrogen and oxygen atoms in total. The summed E-state index contributed by atoms with van der Waals surface area (Å²) in [7, 11) is 1.33. The number of carbonyl (C=O) groups excluding carboxylic acids is 1. The van der Waals surface area contributed by atoms with Crippen LogP contribution in [-0.4, -0.2) is 27.5 Å². The predicted molar refractivity (Wildman–Crippen MR) is 116 cm³/mol. The Labute approximate surface area is 183 Å². The molecule has 0 bridgehead atoms. The minimum atomic E-state index is -4.73. The fourth-order valence-electron chi connectivity index (χ4n) is 3.03. The van der Waals surface area contributed by atoms with E-state index in [9.17, 15) is 18.0 Å². The van der Waals surface area contributed by atoms with E-state index in [0.717, 1.165) is 22.0 Å². The summed E-state index contributed by atoms with van der Waals surface area (Å²) in [6.45, 7) is 5.60. The molecule has 2 aromatic carbocycles. The Kier molecular flexibility index (Phi) is 6.67. The zero-order valence-electron chi connectivity index (χ0n) is 18.1. The van der Waals surface area contributed by atoms with Gasteiger partial charge in [-0.25, -0.2) is 0 Å². The number of oxime groups is 1. The number of amides is 1. The lowest BCUT2D eigenvalue weighted by Gasteiger charge is -2.12. The number of alkyl halides is 3. The predicted octanol–water partition coefficient (Wildman–Crippen LogP) is 5.51. The molecule has 32 heavy (non-hydrogen) atoms. The van der Waals surface area contributed by atoms with Crippen molar-refractivity contribution in [2.24, 2.45) is 12.2 Å². The van der Waals surface area contributed by atoms with Gasteiger partial charge in [0, 0.05) is 24.5 Å². The van der Waals surface area contributed by atoms with Crippen LogP contribution in [0.5, 0.6) is 0 Å². The highest BCUT2D eigenvalue weighted by molar-refractivity contribution is 6.07. The summed E-state index contributed by atoms with van der Waals surface area (Å²) in [5.41, 5.74) is 1.64. The summed E-state index contributed by atoms with van der Waals surface area (Å²) in [6, 6.07) is 14.3. The van der Waals surface area contributed by atoms with Crippen molar-refractivity contribution in [1.82, 2.24) is 9.78 Å². The molecule has 3 aromatic rings. The third kappa shape index (κ3) is 5.35. The normalized spacial score (nSPS) is 12.2. The second-order valence-electron chi connectivity index (χ2n) is 7.47. The van der Waals surface area contributed by atoms with Gasteiger partial charge in [-0.05, 0) is 38.0 Å². The molecule has 0 fully saturated rings. The number of para-hydroxylation sites is 1. The van der Waals surface area contributed by atoms with Crippen molar-refractivity contribution >= 4 is 17.3 Å². The molecule has 9 heteroatoms. The van der Waals surface area contributed by atoms with E-state index in [0.29, 0.717) is 17.0 Å². The number of carbonyl (C=O) groups is 1. The molecule has 0 aliphatic heterocycles. The molecule has 0 unspecified atom stereocenters. The quantitative estimate of drug-likeness (QED) is 0.403. The maximum absolute atomic E-state index is 13.2. The molecular formula is C23H23F3N4O2. The summed E-state index contributed by atoms with van der Waals surface area (Å²) < 4.78 is 40.7. The van der Waals surface area contributed by atoms with Crippen LogP contribution < -0.4 is 5.32 Å². The average molecular weight is 444 g/mol. The van der Waals surface area contributed by atoms with Gasteiger partial charge in [-0.15, -0.1) is 0 Å². The first-order valence-electron chi connectivity index (χ1n) is 9.88. The van der Waals surface area contributed by atoms with Crippen LogP contribution in [0, 0.1) is 0 Å². The van der Waals surface area contributed by atoms with Gasteiger partial charge in [0.25, 0.3) is 5.91 Å². The average Bonchev–Trinajstić information content (AvgIpc) is 3.15. The van der Waals surface area contributed by atoms with Gasteiger partial charge in [-0.3, -0.25) is 9.48 Å². The summed E-state index contributed by atoms with van der Waals surface area (Å²) in [5.74, 6) is -0.886. The van der Waals surface area contributed by atoms with Gasteiger partial charge in [0.2, 0.25) is 0 Å². The molecule has 0 aliphatic carbocycles. The molecule has 0 saturated carbocycles. The molecule has 3 rings (SSSR count). The standard InChI is InChI=1S/C23H23F3N4O2/c1-14(2)32-29-15(3)16-9-11-17(12-10-16)18-7-5-6-8-20(18)27-22(31)19-13-30(4)28-21(19)23(24,25)26/h5-14H,1-4H3,(H,27,31). The zero-order chi connectivity index (χ0) is 23.5. The lowest BCUT2D eigenvalue weighted by atomic mass is 10.0. The molecule has 0 atom stereocenters. The summed E-state index contributed by atoms with van der Waals surface area (Å²) in [4.78, 5) is 17.9. The number of aromatic nitrogens is 2. The van der Waals surface area contributed by atoms with E-state index < -0.39 is 23.3 Å². The molecule has 0 saturated heterocycles. The Hall–Kier alpha value is -3.62. The van der Waals surface area contributed by atoms with Gasteiger partial charge in [0.05, 0.1) is 11.3 Å². The summed E-state index contributed by atoms with van der Waals surface area (Å²) >= 11 is 0. The number of rotatable bonds is 6. The molecule has 1 amide bonds. The van der Waals surface area contributed by atoms with Crippen LogP contribution in [0.25, 0.3) is 11.1 Å². The highest BCUT2D eigenvalue weighted by atomic mass is 19.4. The van der Waals surface area contributed by atoms with Crippen LogP contribution >= 0.6 is 0 Å². The molecule has 0 aliphatic rings. The third-order valence-corrected chi connectivity index (χ3v) is 4.53. The number of hydrogen-bond acceptors (Lipinski definition) is 4. The Morgan fingerprint density at radius 3 is 2.41 bits per heavy atom. The third-order valence-electron chi connectivity index (χ3n) is 4.53. The van der Waals surface area contributed by atoms with Crippen molar-refractivity contribution in [2.45, 2.75) is 33.1 Å². The van der Waals surface area contributed by atoms with Crippen LogP contribution in [0.2, 0.25) is 0 Å². The van der Waals surface area contributed by atoms with Crippen molar-refractivity contribution < 1.29 is 22.8 Å². The number of hydrogen-bond donors (Lipinski definition) is 1. The van der Waals surface area contributed by atoms with Crippen molar-refractivity contribution in [3.63, 3.8) is 0 Å². The second kappa shape index (κ2) is 9.25. The lowest BCUT2D eigenvalue weighted by Crippen LogP contribution is -2.18. The molecule has 1 heterocycles. The topological polar surface area (TPSA) is 68.5 Å². The van der Waals surface area contributed by atoms with Gasteiger partial charge >= 0.3 is 6.18 Å². The van der Waals surface area contributed by atoms with E-state index in [1.165, 1.54) is 7.05 Å². The van der Waals surface area contributed by atoms with E-state index in [4.69, 9.17) is 4.84 Å². The highest BCUT2D eigenvalue weighted by Gasteiger charge is 2.39. The van der Waals surface area contributed by atoms with Crippen molar-refractivity contribution in [3.8, 4) is 11.1 Å². The molecule has 1 N–H and O–H groups in total. The molecule has 1 aromatic heterocycles. The largest absolute Gasteiger partial charge is 0.435 e. The van der Waals surface area contributed by atoms with Gasteiger partial charge < -0.3 is 10.2 Å². The van der Waals surface area contributed by atoms with Gasteiger partial charge in [-0.2, -0.15) is 18.3 Å². The number of nitrogens with zero attached hydrogens (tertiary/aromatic N) is 3. The van der Waals surface area contributed by atoms with Crippen LogP contribution in [0.3, 0.4) is 0 Å². The van der Waals surface area contributed by atoms with Crippen LogP contribution in [-0.2, 0) is 18.1 Å². The van der Waals surface area contributed by atoms with Crippen molar-refractivity contribution in [2.75, 3.05) is 5.32 Å². The van der Waals surface area contributed by atoms with Crippen molar-refractivity contribution in [3.05, 3.63) is 71.5 Å². The second-order valence-corrected chi connectivity index (χ2v) is 7.47. The zero-order valence-corrected chi connectivity index (χ0v) is 18.1. The maximum Gasteiger partial charge on any atom is 0.435 e. The van der Waals surface area contributed by atoms with Crippen LogP contribution in [0.1, 0.15) is 42.4 Å². The number of anilines is 1. The fourth-order valence-corrected chi connectivity index (χ4v) is 3.03. The van der Waals surface area contributed by atoms with Gasteiger partial charge in [0.1, 0.15) is 6.10 Å². The first-order valence-corrected chi connectivity index (χ1v) is 9.88. The van der Waals surface area contributed by atoms with E-state index in [2.05, 4.69) is 15.6 Å². The first-order chi connectivity index (χ1) is 15.1. The van der Waals surface area contributed by atoms with Gasteiger partial charge in [-0.1, -0.05) is 47.6 Å².